The minimum atomic E-state index is -3.40. The van der Waals surface area contributed by atoms with Crippen molar-refractivity contribution in [3.05, 3.63) is 29.8 Å². The summed E-state index contributed by atoms with van der Waals surface area (Å²) < 4.78 is 26.4. The number of carbonyl (C=O) groups excluding carboxylic acids is 2. The van der Waals surface area contributed by atoms with Crippen LogP contribution in [0.1, 0.15) is 37.0 Å². The van der Waals surface area contributed by atoms with Gasteiger partial charge in [-0.05, 0) is 31.0 Å². The van der Waals surface area contributed by atoms with Crippen LogP contribution in [0.3, 0.4) is 0 Å². The van der Waals surface area contributed by atoms with E-state index in [4.69, 9.17) is 0 Å². The zero-order valence-electron chi connectivity index (χ0n) is 16.6. The van der Waals surface area contributed by atoms with E-state index in [9.17, 15) is 18.0 Å². The highest BCUT2D eigenvalue weighted by atomic mass is 32.2. The van der Waals surface area contributed by atoms with Crippen molar-refractivity contribution in [2.45, 2.75) is 26.7 Å². The Balaban J connectivity index is 1.91. The molecule has 1 aliphatic rings. The number of rotatable bonds is 9. The van der Waals surface area contributed by atoms with E-state index >= 15 is 0 Å². The molecule has 0 bridgehead atoms. The van der Waals surface area contributed by atoms with Crippen molar-refractivity contribution in [1.82, 2.24) is 15.1 Å². The molecule has 8 nitrogen and oxygen atoms in total. The van der Waals surface area contributed by atoms with Crippen LogP contribution in [-0.2, 0) is 14.8 Å². The molecule has 1 aromatic rings. The van der Waals surface area contributed by atoms with Gasteiger partial charge in [0.15, 0.2) is 0 Å². The Morgan fingerprint density at radius 1 is 1.07 bits per heavy atom. The summed E-state index contributed by atoms with van der Waals surface area (Å²) in [7, 11) is -3.40. The van der Waals surface area contributed by atoms with E-state index in [0.29, 0.717) is 56.9 Å². The highest BCUT2D eigenvalue weighted by molar-refractivity contribution is 7.92. The number of carbonyl (C=O) groups is 2. The summed E-state index contributed by atoms with van der Waals surface area (Å²) in [6.07, 6.45) is 1.43. The Morgan fingerprint density at radius 2 is 1.79 bits per heavy atom. The van der Waals surface area contributed by atoms with Gasteiger partial charge in [-0.1, -0.05) is 19.9 Å². The molecule has 2 amide bonds. The van der Waals surface area contributed by atoms with Gasteiger partial charge in [0, 0.05) is 44.0 Å². The van der Waals surface area contributed by atoms with Crippen molar-refractivity contribution in [2.24, 2.45) is 0 Å². The van der Waals surface area contributed by atoms with E-state index in [2.05, 4.69) is 10.0 Å². The second-order valence-electron chi connectivity index (χ2n) is 6.92. The lowest BCUT2D eigenvalue weighted by molar-refractivity contribution is -0.122. The van der Waals surface area contributed by atoms with Gasteiger partial charge in [-0.2, -0.15) is 0 Å². The first-order chi connectivity index (χ1) is 13.3. The van der Waals surface area contributed by atoms with Gasteiger partial charge in [-0.25, -0.2) is 8.42 Å². The molecule has 0 saturated carbocycles. The molecule has 1 aliphatic heterocycles. The predicted molar refractivity (Wildman–Crippen MR) is 110 cm³/mol. The Kier molecular flexibility index (Phi) is 8.25. The first-order valence-corrected chi connectivity index (χ1v) is 11.4. The molecule has 1 heterocycles. The van der Waals surface area contributed by atoms with E-state index < -0.39 is 10.0 Å². The molecule has 1 saturated heterocycles. The monoisotopic (exact) mass is 410 g/mol. The lowest BCUT2D eigenvalue weighted by Crippen LogP contribution is -2.51. The van der Waals surface area contributed by atoms with Crippen LogP contribution in [0.5, 0.6) is 0 Å². The molecule has 0 unspecified atom stereocenters. The number of nitrogens with zero attached hydrogens (tertiary/aromatic N) is 2. The highest BCUT2D eigenvalue weighted by Crippen LogP contribution is 2.16. The van der Waals surface area contributed by atoms with Crippen LogP contribution >= 0.6 is 0 Å². The van der Waals surface area contributed by atoms with Gasteiger partial charge in [0.1, 0.15) is 0 Å². The van der Waals surface area contributed by atoms with Crippen LogP contribution in [0, 0.1) is 0 Å². The maximum atomic E-state index is 12.8. The second-order valence-corrected chi connectivity index (χ2v) is 8.76. The summed E-state index contributed by atoms with van der Waals surface area (Å²) in [5.41, 5.74) is 0.844. The van der Waals surface area contributed by atoms with Crippen LogP contribution < -0.4 is 10.0 Å². The van der Waals surface area contributed by atoms with Crippen molar-refractivity contribution in [2.75, 3.05) is 49.7 Å². The van der Waals surface area contributed by atoms with Crippen molar-refractivity contribution < 1.29 is 18.0 Å². The number of piperazine rings is 1. The number of hydrogen-bond donors (Lipinski definition) is 2. The van der Waals surface area contributed by atoms with Gasteiger partial charge in [-0.15, -0.1) is 0 Å². The van der Waals surface area contributed by atoms with Gasteiger partial charge in [-0.3, -0.25) is 19.2 Å². The van der Waals surface area contributed by atoms with Crippen molar-refractivity contribution in [1.29, 1.82) is 0 Å². The topological polar surface area (TPSA) is 98.8 Å². The molecule has 156 valence electrons. The standard InChI is InChI=1S/C19H30N4O4S/c1-3-8-20-18(24)15-22-9-11-23(12-10-22)19(25)16-6-5-7-17(14-16)21-28(26,27)13-4-2/h5-7,14,21H,3-4,8-13,15H2,1-2H3,(H,20,24). The molecule has 0 radical (unpaired) electrons. The van der Waals surface area contributed by atoms with Gasteiger partial charge in [0.2, 0.25) is 15.9 Å². The Morgan fingerprint density at radius 3 is 2.43 bits per heavy atom. The third-order valence-corrected chi connectivity index (χ3v) is 5.95. The van der Waals surface area contributed by atoms with Crippen LogP contribution in [0.2, 0.25) is 0 Å². The van der Waals surface area contributed by atoms with E-state index in [1.807, 2.05) is 11.8 Å². The average molecular weight is 411 g/mol. The van der Waals surface area contributed by atoms with Crippen LogP contribution in [0.25, 0.3) is 0 Å². The molecule has 9 heteroatoms. The number of nitrogens with one attached hydrogen (secondary N) is 2. The third kappa shape index (κ3) is 6.79. The van der Waals surface area contributed by atoms with Crippen LogP contribution in [0.15, 0.2) is 24.3 Å². The zero-order valence-corrected chi connectivity index (χ0v) is 17.4. The fourth-order valence-electron chi connectivity index (χ4n) is 3.03. The molecule has 0 atom stereocenters. The molecule has 0 aliphatic carbocycles. The van der Waals surface area contributed by atoms with Crippen molar-refractivity contribution in [3.63, 3.8) is 0 Å². The quantitative estimate of drug-likeness (QED) is 0.636. The van der Waals surface area contributed by atoms with E-state index in [1.165, 1.54) is 0 Å². The molecule has 1 fully saturated rings. The van der Waals surface area contributed by atoms with Crippen LogP contribution in [0.4, 0.5) is 5.69 Å². The minimum Gasteiger partial charge on any atom is -0.355 e. The van der Waals surface area contributed by atoms with E-state index in [0.717, 1.165) is 6.42 Å². The summed E-state index contributed by atoms with van der Waals surface area (Å²) in [6, 6.07) is 6.56. The number of benzene rings is 1. The fourth-order valence-corrected chi connectivity index (χ4v) is 4.16. The number of sulfonamides is 1. The minimum absolute atomic E-state index is 0.00805. The summed E-state index contributed by atoms with van der Waals surface area (Å²) >= 11 is 0. The van der Waals surface area contributed by atoms with E-state index in [1.54, 1.807) is 36.1 Å². The van der Waals surface area contributed by atoms with Gasteiger partial charge in [0.05, 0.1) is 12.3 Å². The van der Waals surface area contributed by atoms with Crippen molar-refractivity contribution in [3.8, 4) is 0 Å². The largest absolute Gasteiger partial charge is 0.355 e. The number of amides is 2. The average Bonchev–Trinajstić information content (AvgIpc) is 2.66. The summed E-state index contributed by atoms with van der Waals surface area (Å²) in [5.74, 6) is -0.0841. The molecule has 0 aromatic heterocycles. The zero-order chi connectivity index (χ0) is 20.6. The van der Waals surface area contributed by atoms with Gasteiger partial charge < -0.3 is 10.2 Å². The smallest absolute Gasteiger partial charge is 0.254 e. The molecule has 2 rings (SSSR count). The highest BCUT2D eigenvalue weighted by Gasteiger charge is 2.23. The molecule has 2 N–H and O–H groups in total. The summed E-state index contributed by atoms with van der Waals surface area (Å²) in [6.45, 7) is 7.16. The lowest BCUT2D eigenvalue weighted by atomic mass is 10.1. The molecular weight excluding hydrogens is 380 g/mol. The molecule has 1 aromatic carbocycles. The first kappa shape index (κ1) is 22.2. The second kappa shape index (κ2) is 10.4. The summed E-state index contributed by atoms with van der Waals surface area (Å²) in [4.78, 5) is 28.3. The van der Waals surface area contributed by atoms with Crippen molar-refractivity contribution >= 4 is 27.5 Å². The molecule has 0 spiro atoms. The first-order valence-electron chi connectivity index (χ1n) is 9.73. The fraction of sp³-hybridized carbons (Fsp3) is 0.579. The Hall–Kier alpha value is -2.13. The Bertz CT molecular complexity index is 774. The summed E-state index contributed by atoms with van der Waals surface area (Å²) in [5, 5.41) is 2.86. The van der Waals surface area contributed by atoms with Crippen LogP contribution in [-0.4, -0.2) is 75.1 Å². The SMILES string of the molecule is CCCNC(=O)CN1CCN(C(=O)c2cccc(NS(=O)(=O)CCC)c2)CC1. The predicted octanol–water partition coefficient (Wildman–Crippen LogP) is 1.12. The number of hydrogen-bond acceptors (Lipinski definition) is 5. The molecule has 28 heavy (non-hydrogen) atoms. The van der Waals surface area contributed by atoms with Gasteiger partial charge >= 0.3 is 0 Å². The van der Waals surface area contributed by atoms with Gasteiger partial charge in [0.25, 0.3) is 5.91 Å². The normalized spacial score (nSPS) is 15.3. The molecular formula is C19H30N4O4S. The Labute approximate surface area is 167 Å². The third-order valence-electron chi connectivity index (χ3n) is 4.45. The maximum Gasteiger partial charge on any atom is 0.254 e. The number of anilines is 1. The van der Waals surface area contributed by atoms with E-state index in [-0.39, 0.29) is 17.6 Å². The maximum absolute atomic E-state index is 12.8. The lowest BCUT2D eigenvalue weighted by Gasteiger charge is -2.34.